The van der Waals surface area contributed by atoms with Crippen molar-refractivity contribution in [1.82, 2.24) is 0 Å². The van der Waals surface area contributed by atoms with Crippen LogP contribution in [-0.2, 0) is 9.59 Å². The smallest absolute Gasteiger partial charge is 0.269 e. The molecule has 0 spiro atoms. The Labute approximate surface area is 113 Å². The number of nitrogens with one attached hydrogen (secondary N) is 1. The molecule has 4 nitrogen and oxygen atoms in total. The van der Waals surface area contributed by atoms with Gasteiger partial charge in [-0.2, -0.15) is 0 Å². The highest BCUT2D eigenvalue weighted by Crippen LogP contribution is 2.30. The molecule has 1 aliphatic rings. The molecule has 2 rings (SSSR count). The van der Waals surface area contributed by atoms with Crippen molar-refractivity contribution in [3.63, 3.8) is 0 Å². The number of hydrogen-bond donors (Lipinski definition) is 1. The molecule has 0 aliphatic carbocycles. The number of benzene rings is 1. The van der Waals surface area contributed by atoms with Gasteiger partial charge in [0.15, 0.2) is 0 Å². The normalized spacial score (nSPS) is 17.9. The van der Waals surface area contributed by atoms with Gasteiger partial charge in [-0.05, 0) is 12.1 Å². The van der Waals surface area contributed by atoms with E-state index in [9.17, 15) is 9.59 Å². The van der Waals surface area contributed by atoms with Gasteiger partial charge in [-0.25, -0.2) is 4.99 Å². The van der Waals surface area contributed by atoms with Gasteiger partial charge in [0.1, 0.15) is 0 Å². The molecule has 1 aromatic carbocycles. The Hall–Kier alpha value is -1.65. The molecule has 1 aliphatic heterocycles. The molecule has 0 saturated heterocycles. The van der Waals surface area contributed by atoms with E-state index in [2.05, 4.69) is 10.3 Å². The van der Waals surface area contributed by atoms with Crippen LogP contribution in [0, 0.1) is 5.92 Å². The fourth-order valence-corrected chi connectivity index (χ4v) is 1.90. The van der Waals surface area contributed by atoms with Crippen LogP contribution in [0.25, 0.3) is 0 Å². The number of rotatable bonds is 2. The van der Waals surface area contributed by atoms with Gasteiger partial charge in [0.05, 0.1) is 21.7 Å². The molecule has 0 saturated carbocycles. The average Bonchev–Trinajstić information content (AvgIpc) is 2.34. The fraction of sp³-hybridized carbons (Fsp3) is 0.0833. The van der Waals surface area contributed by atoms with Crippen molar-refractivity contribution in [1.29, 1.82) is 0 Å². The summed E-state index contributed by atoms with van der Waals surface area (Å²) in [7, 11) is 0. The quantitative estimate of drug-likeness (QED) is 0.907. The van der Waals surface area contributed by atoms with Gasteiger partial charge in [0.25, 0.3) is 5.91 Å². The van der Waals surface area contributed by atoms with Crippen molar-refractivity contribution >= 4 is 46.9 Å². The molecule has 1 heterocycles. The molecule has 0 fully saturated rings. The number of carbonyl (C=O) groups excluding carboxylic acids is 2. The topological polar surface area (TPSA) is 58.5 Å². The van der Waals surface area contributed by atoms with Crippen LogP contribution in [0.1, 0.15) is 0 Å². The number of aliphatic imine (C=N–C) groups is 1. The third-order valence-corrected chi connectivity index (χ3v) is 2.95. The Morgan fingerprint density at radius 1 is 1.28 bits per heavy atom. The van der Waals surface area contributed by atoms with Crippen molar-refractivity contribution in [2.45, 2.75) is 0 Å². The molecule has 0 radical (unpaired) electrons. The number of amides is 2. The maximum Gasteiger partial charge on any atom is 0.269 e. The molecule has 1 atom stereocenters. The predicted octanol–water partition coefficient (Wildman–Crippen LogP) is 2.72. The first-order valence-corrected chi connectivity index (χ1v) is 5.85. The second kappa shape index (κ2) is 5.33. The van der Waals surface area contributed by atoms with E-state index in [1.165, 1.54) is 18.4 Å². The van der Waals surface area contributed by atoms with E-state index in [0.29, 0.717) is 15.7 Å². The van der Waals surface area contributed by atoms with Crippen LogP contribution in [0.5, 0.6) is 0 Å². The van der Waals surface area contributed by atoms with E-state index in [1.807, 2.05) is 0 Å². The maximum absolute atomic E-state index is 11.9. The monoisotopic (exact) mass is 282 g/mol. The van der Waals surface area contributed by atoms with E-state index in [1.54, 1.807) is 18.2 Å². The average molecular weight is 283 g/mol. The first kappa shape index (κ1) is 12.8. The lowest BCUT2D eigenvalue weighted by molar-refractivity contribution is -0.117. The summed E-state index contributed by atoms with van der Waals surface area (Å²) in [6, 6.07) is 4.93. The summed E-state index contributed by atoms with van der Waals surface area (Å²) in [5.74, 6) is -1.33. The fourth-order valence-electron chi connectivity index (χ4n) is 1.41. The van der Waals surface area contributed by atoms with Crippen LogP contribution < -0.4 is 5.32 Å². The number of halogens is 2. The molecular formula is C12H8Cl2N2O2. The third kappa shape index (κ3) is 2.78. The van der Waals surface area contributed by atoms with E-state index < -0.39 is 5.92 Å². The second-order valence-electron chi connectivity index (χ2n) is 3.59. The summed E-state index contributed by atoms with van der Waals surface area (Å²) in [4.78, 5) is 26.3. The Morgan fingerprint density at radius 3 is 2.50 bits per heavy atom. The molecule has 1 aromatic rings. The summed E-state index contributed by atoms with van der Waals surface area (Å²) in [6.45, 7) is 0. The third-order valence-electron chi connectivity index (χ3n) is 2.32. The number of carbonyl (C=O) groups is 2. The first-order valence-electron chi connectivity index (χ1n) is 5.09. The van der Waals surface area contributed by atoms with Crippen molar-refractivity contribution in [3.05, 3.63) is 40.4 Å². The molecular weight excluding hydrogens is 275 g/mol. The van der Waals surface area contributed by atoms with Crippen LogP contribution in [0.15, 0.2) is 35.3 Å². The molecule has 2 amide bonds. The minimum Gasteiger partial charge on any atom is -0.323 e. The summed E-state index contributed by atoms with van der Waals surface area (Å²) in [5.41, 5.74) is 0.351. The van der Waals surface area contributed by atoms with Crippen LogP contribution in [0.3, 0.4) is 0 Å². The van der Waals surface area contributed by atoms with E-state index in [4.69, 9.17) is 23.2 Å². The van der Waals surface area contributed by atoms with Crippen LogP contribution in [-0.4, -0.2) is 18.0 Å². The summed E-state index contributed by atoms with van der Waals surface area (Å²) < 4.78 is 0. The van der Waals surface area contributed by atoms with Crippen molar-refractivity contribution in [2.75, 3.05) is 5.32 Å². The van der Waals surface area contributed by atoms with Gasteiger partial charge >= 0.3 is 0 Å². The Kier molecular flexibility index (Phi) is 3.79. The second-order valence-corrected chi connectivity index (χ2v) is 4.40. The molecule has 18 heavy (non-hydrogen) atoms. The Bertz CT molecular complexity index is 531. The summed E-state index contributed by atoms with van der Waals surface area (Å²) in [6.07, 6.45) is 4.00. The van der Waals surface area contributed by atoms with Crippen molar-refractivity contribution in [3.8, 4) is 0 Å². The summed E-state index contributed by atoms with van der Waals surface area (Å²) in [5, 5.41) is 3.31. The lowest BCUT2D eigenvalue weighted by Crippen LogP contribution is -2.24. The van der Waals surface area contributed by atoms with Gasteiger partial charge in [-0.15, -0.1) is 0 Å². The Balaban J connectivity index is 2.15. The maximum atomic E-state index is 11.9. The van der Waals surface area contributed by atoms with Crippen LogP contribution in [0.2, 0.25) is 10.0 Å². The first-order chi connectivity index (χ1) is 8.58. The number of hydrogen-bond acceptors (Lipinski definition) is 2. The van der Waals surface area contributed by atoms with Gasteiger partial charge in [-0.3, -0.25) is 9.59 Å². The highest BCUT2D eigenvalue weighted by Gasteiger charge is 2.18. The minimum absolute atomic E-state index is 0.350. The minimum atomic E-state index is -0.602. The van der Waals surface area contributed by atoms with Gasteiger partial charge in [-0.1, -0.05) is 35.3 Å². The van der Waals surface area contributed by atoms with E-state index in [-0.39, 0.29) is 11.8 Å². The van der Waals surface area contributed by atoms with Gasteiger partial charge in [0, 0.05) is 12.3 Å². The van der Waals surface area contributed by atoms with Crippen LogP contribution >= 0.6 is 23.2 Å². The molecule has 92 valence electrons. The molecule has 1 unspecified atom stereocenters. The van der Waals surface area contributed by atoms with Gasteiger partial charge < -0.3 is 5.32 Å². The standard InChI is InChI=1S/C12H8Cl2N2O2/c13-8-2-1-3-9(14)11(8)16-12(18)7-4-5-10(17)15-6-7/h1-7H,(H,16,18). The van der Waals surface area contributed by atoms with Gasteiger partial charge in [0.2, 0.25) is 5.91 Å². The SMILES string of the molecule is O=C1C=CC(C(=O)Nc2c(Cl)cccc2Cl)C=N1. The van der Waals surface area contributed by atoms with Crippen LogP contribution in [0.4, 0.5) is 5.69 Å². The molecule has 6 heteroatoms. The number of dihydropyridines is 1. The molecule has 0 aromatic heterocycles. The van der Waals surface area contributed by atoms with Crippen molar-refractivity contribution in [2.24, 2.45) is 10.9 Å². The predicted molar refractivity (Wildman–Crippen MR) is 71.2 cm³/mol. The zero-order chi connectivity index (χ0) is 13.1. The number of para-hydroxylation sites is 1. The van der Waals surface area contributed by atoms with E-state index >= 15 is 0 Å². The largest absolute Gasteiger partial charge is 0.323 e. The zero-order valence-corrected chi connectivity index (χ0v) is 10.6. The number of anilines is 1. The highest BCUT2D eigenvalue weighted by molar-refractivity contribution is 6.39. The lowest BCUT2D eigenvalue weighted by atomic mass is 10.1. The lowest BCUT2D eigenvalue weighted by Gasteiger charge is -2.12. The summed E-state index contributed by atoms with van der Waals surface area (Å²) >= 11 is 11.9. The van der Waals surface area contributed by atoms with Crippen molar-refractivity contribution < 1.29 is 9.59 Å². The zero-order valence-electron chi connectivity index (χ0n) is 9.06. The Morgan fingerprint density at radius 2 is 1.94 bits per heavy atom. The highest BCUT2D eigenvalue weighted by atomic mass is 35.5. The number of nitrogens with zero attached hydrogens (tertiary/aromatic N) is 1. The molecule has 1 N–H and O–H groups in total. The van der Waals surface area contributed by atoms with E-state index in [0.717, 1.165) is 0 Å². The molecule has 0 bridgehead atoms.